The second kappa shape index (κ2) is 6.64. The van der Waals surface area contributed by atoms with Crippen molar-refractivity contribution in [3.05, 3.63) is 48.3 Å². The average molecular weight is 311 g/mol. The van der Waals surface area contributed by atoms with Gasteiger partial charge in [-0.15, -0.1) is 0 Å². The highest BCUT2D eigenvalue weighted by atomic mass is 16.1. The SMILES string of the molecule is CCc1nc2ccccc2n1CCC(=O)NC(C)c1cnc[nH]1. The molecule has 2 N–H and O–H groups in total. The first-order chi connectivity index (χ1) is 11.2. The lowest BCUT2D eigenvalue weighted by molar-refractivity contribution is -0.121. The third-order valence-corrected chi connectivity index (χ3v) is 3.98. The Hall–Kier alpha value is -2.63. The van der Waals surface area contributed by atoms with Crippen LogP contribution in [0.5, 0.6) is 0 Å². The molecule has 23 heavy (non-hydrogen) atoms. The van der Waals surface area contributed by atoms with E-state index in [1.165, 1.54) is 0 Å². The number of amides is 1. The summed E-state index contributed by atoms with van der Waals surface area (Å²) in [6, 6.07) is 7.96. The summed E-state index contributed by atoms with van der Waals surface area (Å²) in [5.41, 5.74) is 2.97. The number of fused-ring (bicyclic) bond motifs is 1. The maximum atomic E-state index is 12.2. The van der Waals surface area contributed by atoms with Crippen LogP contribution in [0.4, 0.5) is 0 Å². The number of imidazole rings is 2. The molecule has 0 aliphatic heterocycles. The van der Waals surface area contributed by atoms with Crippen LogP contribution in [-0.2, 0) is 17.8 Å². The molecule has 6 nitrogen and oxygen atoms in total. The molecule has 120 valence electrons. The first-order valence-electron chi connectivity index (χ1n) is 7.90. The van der Waals surface area contributed by atoms with Crippen LogP contribution in [0.1, 0.15) is 37.8 Å². The number of hydrogen-bond donors (Lipinski definition) is 2. The third kappa shape index (κ3) is 3.26. The number of carbonyl (C=O) groups excluding carboxylic acids is 1. The van der Waals surface area contributed by atoms with Gasteiger partial charge in [-0.05, 0) is 19.1 Å². The average Bonchev–Trinajstić information content (AvgIpc) is 3.20. The molecule has 0 radical (unpaired) electrons. The highest BCUT2D eigenvalue weighted by molar-refractivity contribution is 5.78. The molecule has 0 saturated carbocycles. The van der Waals surface area contributed by atoms with Gasteiger partial charge in [-0.3, -0.25) is 4.79 Å². The fourth-order valence-electron chi connectivity index (χ4n) is 2.75. The van der Waals surface area contributed by atoms with Gasteiger partial charge in [-0.25, -0.2) is 9.97 Å². The number of nitrogens with zero attached hydrogens (tertiary/aromatic N) is 3. The van der Waals surface area contributed by atoms with Crippen molar-refractivity contribution in [3.8, 4) is 0 Å². The van der Waals surface area contributed by atoms with Crippen LogP contribution in [0.3, 0.4) is 0 Å². The summed E-state index contributed by atoms with van der Waals surface area (Å²) in [7, 11) is 0. The van der Waals surface area contributed by atoms with Crippen LogP contribution < -0.4 is 5.32 Å². The lowest BCUT2D eigenvalue weighted by Crippen LogP contribution is -2.27. The highest BCUT2D eigenvalue weighted by Crippen LogP contribution is 2.17. The van der Waals surface area contributed by atoms with Gasteiger partial charge in [-0.1, -0.05) is 19.1 Å². The molecule has 0 aliphatic rings. The predicted octanol–water partition coefficient (Wildman–Crippen LogP) is 2.59. The number of aromatic nitrogens is 4. The van der Waals surface area contributed by atoms with Gasteiger partial charge in [0.15, 0.2) is 0 Å². The Morgan fingerprint density at radius 2 is 2.22 bits per heavy atom. The Labute approximate surface area is 135 Å². The zero-order valence-corrected chi connectivity index (χ0v) is 13.4. The first kappa shape index (κ1) is 15.3. The smallest absolute Gasteiger partial charge is 0.222 e. The summed E-state index contributed by atoms with van der Waals surface area (Å²) < 4.78 is 2.13. The number of para-hydroxylation sites is 2. The quantitative estimate of drug-likeness (QED) is 0.734. The van der Waals surface area contributed by atoms with Crippen LogP contribution >= 0.6 is 0 Å². The zero-order valence-electron chi connectivity index (χ0n) is 13.4. The molecule has 2 heterocycles. The first-order valence-corrected chi connectivity index (χ1v) is 7.90. The number of rotatable bonds is 6. The van der Waals surface area contributed by atoms with E-state index in [0.717, 1.165) is 29.0 Å². The second-order valence-corrected chi connectivity index (χ2v) is 5.57. The fraction of sp³-hybridized carbons (Fsp3) is 0.353. The molecule has 0 fully saturated rings. The summed E-state index contributed by atoms with van der Waals surface area (Å²) in [4.78, 5) is 23.8. The normalized spacial score (nSPS) is 12.4. The van der Waals surface area contributed by atoms with E-state index in [-0.39, 0.29) is 11.9 Å². The van der Waals surface area contributed by atoms with Gasteiger partial charge < -0.3 is 14.9 Å². The summed E-state index contributed by atoms with van der Waals surface area (Å²) in [5, 5.41) is 2.99. The maximum absolute atomic E-state index is 12.2. The molecule has 0 aliphatic carbocycles. The minimum atomic E-state index is -0.0739. The summed E-state index contributed by atoms with van der Waals surface area (Å²) in [6.07, 6.45) is 4.61. The maximum Gasteiger partial charge on any atom is 0.222 e. The number of carbonyl (C=O) groups is 1. The molecule has 3 rings (SSSR count). The Kier molecular flexibility index (Phi) is 4.41. The second-order valence-electron chi connectivity index (χ2n) is 5.57. The van der Waals surface area contributed by atoms with Crippen LogP contribution in [0.15, 0.2) is 36.8 Å². The van der Waals surface area contributed by atoms with Gasteiger partial charge in [0.05, 0.1) is 35.3 Å². The van der Waals surface area contributed by atoms with E-state index in [1.807, 2.05) is 31.2 Å². The zero-order chi connectivity index (χ0) is 16.2. The Morgan fingerprint density at radius 1 is 1.39 bits per heavy atom. The fourth-order valence-corrected chi connectivity index (χ4v) is 2.75. The van der Waals surface area contributed by atoms with Crippen molar-refractivity contribution in [2.75, 3.05) is 0 Å². The Morgan fingerprint density at radius 3 is 2.96 bits per heavy atom. The molecule has 6 heteroatoms. The summed E-state index contributed by atoms with van der Waals surface area (Å²) in [6.45, 7) is 4.65. The van der Waals surface area contributed by atoms with E-state index >= 15 is 0 Å². The highest BCUT2D eigenvalue weighted by Gasteiger charge is 2.13. The van der Waals surface area contributed by atoms with Crippen LogP contribution in [0.2, 0.25) is 0 Å². The third-order valence-electron chi connectivity index (χ3n) is 3.98. The Balaban J connectivity index is 1.67. The van der Waals surface area contributed by atoms with Crippen molar-refractivity contribution in [2.45, 2.75) is 39.3 Å². The Bertz CT molecular complexity index is 791. The molecular weight excluding hydrogens is 290 g/mol. The van der Waals surface area contributed by atoms with Crippen molar-refractivity contribution in [3.63, 3.8) is 0 Å². The molecule has 0 saturated heterocycles. The van der Waals surface area contributed by atoms with Gasteiger partial charge in [0.2, 0.25) is 5.91 Å². The van der Waals surface area contributed by atoms with Gasteiger partial charge >= 0.3 is 0 Å². The van der Waals surface area contributed by atoms with E-state index in [1.54, 1.807) is 12.5 Å². The summed E-state index contributed by atoms with van der Waals surface area (Å²) in [5.74, 6) is 1.03. The number of aromatic amines is 1. The van der Waals surface area contributed by atoms with Crippen molar-refractivity contribution >= 4 is 16.9 Å². The van der Waals surface area contributed by atoms with E-state index in [4.69, 9.17) is 0 Å². The van der Waals surface area contributed by atoms with Crippen molar-refractivity contribution < 1.29 is 4.79 Å². The molecule has 2 aromatic heterocycles. The van der Waals surface area contributed by atoms with Crippen molar-refractivity contribution in [1.82, 2.24) is 24.8 Å². The van der Waals surface area contributed by atoms with E-state index in [0.29, 0.717) is 13.0 Å². The summed E-state index contributed by atoms with van der Waals surface area (Å²) >= 11 is 0. The molecule has 1 amide bonds. The topological polar surface area (TPSA) is 75.6 Å². The molecular formula is C17H21N5O. The standard InChI is InChI=1S/C17H21N5O/c1-3-16-21-13-6-4-5-7-15(13)22(16)9-8-17(23)20-12(2)14-10-18-11-19-14/h4-7,10-12H,3,8-9H2,1-2H3,(H,18,19)(H,20,23). The molecule has 1 aromatic carbocycles. The number of H-pyrrole nitrogens is 1. The van der Waals surface area contributed by atoms with Gasteiger partial charge in [0, 0.05) is 19.4 Å². The van der Waals surface area contributed by atoms with Crippen LogP contribution in [-0.4, -0.2) is 25.4 Å². The van der Waals surface area contributed by atoms with Crippen molar-refractivity contribution in [1.29, 1.82) is 0 Å². The van der Waals surface area contributed by atoms with Gasteiger partial charge in [-0.2, -0.15) is 0 Å². The van der Waals surface area contributed by atoms with E-state index in [2.05, 4.69) is 31.8 Å². The predicted molar refractivity (Wildman–Crippen MR) is 88.9 cm³/mol. The molecule has 3 aromatic rings. The van der Waals surface area contributed by atoms with Crippen LogP contribution in [0.25, 0.3) is 11.0 Å². The largest absolute Gasteiger partial charge is 0.348 e. The van der Waals surface area contributed by atoms with Gasteiger partial charge in [0.25, 0.3) is 0 Å². The van der Waals surface area contributed by atoms with E-state index in [9.17, 15) is 4.79 Å². The minimum absolute atomic E-state index is 0.0203. The molecule has 0 spiro atoms. The lowest BCUT2D eigenvalue weighted by atomic mass is 10.2. The number of hydrogen-bond acceptors (Lipinski definition) is 3. The molecule has 1 unspecified atom stereocenters. The molecule has 1 atom stereocenters. The van der Waals surface area contributed by atoms with Crippen molar-refractivity contribution in [2.24, 2.45) is 0 Å². The lowest BCUT2D eigenvalue weighted by Gasteiger charge is -2.13. The number of nitrogens with one attached hydrogen (secondary N) is 2. The van der Waals surface area contributed by atoms with Gasteiger partial charge in [0.1, 0.15) is 5.82 Å². The monoisotopic (exact) mass is 311 g/mol. The molecule has 0 bridgehead atoms. The van der Waals surface area contributed by atoms with Crippen LogP contribution in [0, 0.1) is 0 Å². The number of aryl methyl sites for hydroxylation is 2. The van der Waals surface area contributed by atoms with E-state index < -0.39 is 0 Å². The minimum Gasteiger partial charge on any atom is -0.348 e. The number of benzene rings is 1.